The highest BCUT2D eigenvalue weighted by Crippen LogP contribution is 2.11. The van der Waals surface area contributed by atoms with Gasteiger partial charge in [0.2, 0.25) is 0 Å². The average molecular weight is 427 g/mol. The van der Waals surface area contributed by atoms with Gasteiger partial charge in [-0.3, -0.25) is 4.79 Å². The SMILES string of the molecule is CCOC(=O)C(CCc1ccccc1)CNCCCCNC(=O)OCc1ccccc1. The minimum absolute atomic E-state index is 0.145. The summed E-state index contributed by atoms with van der Waals surface area (Å²) in [5, 5.41) is 6.11. The summed E-state index contributed by atoms with van der Waals surface area (Å²) in [6.07, 6.45) is 2.93. The lowest BCUT2D eigenvalue weighted by Crippen LogP contribution is -2.31. The molecule has 0 aliphatic rings. The molecule has 2 aromatic rings. The van der Waals surface area contributed by atoms with Crippen LogP contribution in [0.3, 0.4) is 0 Å². The normalized spacial score (nSPS) is 11.5. The molecule has 0 fully saturated rings. The Kier molecular flexibility index (Phi) is 11.8. The van der Waals surface area contributed by atoms with Gasteiger partial charge in [0.25, 0.3) is 0 Å². The molecule has 0 heterocycles. The van der Waals surface area contributed by atoms with Crippen LogP contribution < -0.4 is 10.6 Å². The smallest absolute Gasteiger partial charge is 0.407 e. The fourth-order valence-electron chi connectivity index (χ4n) is 3.16. The number of nitrogens with one attached hydrogen (secondary N) is 2. The molecule has 0 aromatic heterocycles. The van der Waals surface area contributed by atoms with E-state index in [1.54, 1.807) is 0 Å². The van der Waals surface area contributed by atoms with E-state index in [1.165, 1.54) is 5.56 Å². The quantitative estimate of drug-likeness (QED) is 0.351. The van der Waals surface area contributed by atoms with E-state index in [0.29, 0.717) is 19.7 Å². The van der Waals surface area contributed by atoms with Gasteiger partial charge in [0.15, 0.2) is 0 Å². The van der Waals surface area contributed by atoms with E-state index in [4.69, 9.17) is 9.47 Å². The molecule has 0 spiro atoms. The minimum Gasteiger partial charge on any atom is -0.466 e. The molecule has 6 nitrogen and oxygen atoms in total. The molecular formula is C25H34N2O4. The third kappa shape index (κ3) is 10.6. The van der Waals surface area contributed by atoms with Crippen molar-refractivity contribution in [3.63, 3.8) is 0 Å². The van der Waals surface area contributed by atoms with Gasteiger partial charge in [0.1, 0.15) is 6.61 Å². The highest BCUT2D eigenvalue weighted by Gasteiger charge is 2.19. The molecule has 0 saturated carbocycles. The number of amides is 1. The van der Waals surface area contributed by atoms with Gasteiger partial charge in [-0.05, 0) is 50.3 Å². The first-order valence-corrected chi connectivity index (χ1v) is 11.0. The first-order chi connectivity index (χ1) is 15.2. The number of unbranched alkanes of at least 4 members (excludes halogenated alkanes) is 1. The number of rotatable bonds is 14. The maximum Gasteiger partial charge on any atom is 0.407 e. The Balaban J connectivity index is 1.56. The molecule has 2 aromatic carbocycles. The highest BCUT2D eigenvalue weighted by molar-refractivity contribution is 5.72. The van der Waals surface area contributed by atoms with Crippen molar-refractivity contribution in [2.75, 3.05) is 26.2 Å². The second kappa shape index (κ2) is 15.0. The third-order valence-electron chi connectivity index (χ3n) is 4.90. The Morgan fingerprint density at radius 3 is 2.19 bits per heavy atom. The Bertz CT molecular complexity index is 753. The van der Waals surface area contributed by atoms with E-state index in [0.717, 1.165) is 37.8 Å². The maximum absolute atomic E-state index is 12.2. The number of benzene rings is 2. The number of hydrogen-bond donors (Lipinski definition) is 2. The fourth-order valence-corrected chi connectivity index (χ4v) is 3.16. The van der Waals surface area contributed by atoms with Crippen LogP contribution in [0, 0.1) is 5.92 Å². The van der Waals surface area contributed by atoms with E-state index in [2.05, 4.69) is 22.8 Å². The molecule has 2 rings (SSSR count). The predicted molar refractivity (Wildman–Crippen MR) is 122 cm³/mol. The van der Waals surface area contributed by atoms with Crippen molar-refractivity contribution in [1.82, 2.24) is 10.6 Å². The topological polar surface area (TPSA) is 76.7 Å². The van der Waals surface area contributed by atoms with Crippen molar-refractivity contribution in [3.8, 4) is 0 Å². The number of alkyl carbamates (subject to hydrolysis) is 1. The predicted octanol–water partition coefficient (Wildman–Crippen LogP) is 4.09. The summed E-state index contributed by atoms with van der Waals surface area (Å²) in [7, 11) is 0. The van der Waals surface area contributed by atoms with E-state index in [1.807, 2.05) is 55.5 Å². The molecule has 2 N–H and O–H groups in total. The van der Waals surface area contributed by atoms with Gasteiger partial charge >= 0.3 is 12.1 Å². The van der Waals surface area contributed by atoms with Crippen LogP contribution in [0.2, 0.25) is 0 Å². The van der Waals surface area contributed by atoms with E-state index < -0.39 is 6.09 Å². The number of ether oxygens (including phenoxy) is 2. The van der Waals surface area contributed by atoms with Crippen molar-refractivity contribution < 1.29 is 19.1 Å². The Morgan fingerprint density at radius 2 is 1.52 bits per heavy atom. The van der Waals surface area contributed by atoms with Gasteiger partial charge in [-0.25, -0.2) is 4.79 Å². The van der Waals surface area contributed by atoms with Gasteiger partial charge < -0.3 is 20.1 Å². The lowest BCUT2D eigenvalue weighted by Gasteiger charge is -2.16. The van der Waals surface area contributed by atoms with Gasteiger partial charge in [-0.1, -0.05) is 60.7 Å². The maximum atomic E-state index is 12.2. The zero-order valence-electron chi connectivity index (χ0n) is 18.3. The van der Waals surface area contributed by atoms with Gasteiger partial charge in [0, 0.05) is 13.1 Å². The van der Waals surface area contributed by atoms with Gasteiger partial charge in [-0.2, -0.15) is 0 Å². The molecule has 0 aliphatic heterocycles. The minimum atomic E-state index is -0.403. The molecule has 168 valence electrons. The molecule has 1 unspecified atom stereocenters. The van der Waals surface area contributed by atoms with Gasteiger partial charge in [0.05, 0.1) is 12.5 Å². The molecule has 0 radical (unpaired) electrons. The van der Waals surface area contributed by atoms with E-state index in [-0.39, 0.29) is 18.5 Å². The first-order valence-electron chi connectivity index (χ1n) is 11.0. The molecule has 1 atom stereocenters. The average Bonchev–Trinajstić information content (AvgIpc) is 2.80. The molecule has 31 heavy (non-hydrogen) atoms. The lowest BCUT2D eigenvalue weighted by atomic mass is 9.99. The number of hydrogen-bond acceptors (Lipinski definition) is 5. The standard InChI is InChI=1S/C25H34N2O4/c1-2-30-24(28)23(16-15-21-11-5-3-6-12-21)19-26-17-9-10-18-27-25(29)31-20-22-13-7-4-8-14-22/h3-8,11-14,23,26H,2,9-10,15-20H2,1H3,(H,27,29). The van der Waals surface area contributed by atoms with Gasteiger partial charge in [-0.15, -0.1) is 0 Å². The summed E-state index contributed by atoms with van der Waals surface area (Å²) in [5.41, 5.74) is 2.19. The lowest BCUT2D eigenvalue weighted by molar-refractivity contribution is -0.148. The van der Waals surface area contributed by atoms with E-state index in [9.17, 15) is 9.59 Å². The van der Waals surface area contributed by atoms with Crippen LogP contribution in [0.15, 0.2) is 60.7 Å². The van der Waals surface area contributed by atoms with Crippen molar-refractivity contribution >= 4 is 12.1 Å². The second-order valence-corrected chi connectivity index (χ2v) is 7.37. The number of aryl methyl sites for hydroxylation is 1. The Labute approximate surface area is 185 Å². The summed E-state index contributed by atoms with van der Waals surface area (Å²) in [4.78, 5) is 24.0. The van der Waals surface area contributed by atoms with Crippen LogP contribution in [0.5, 0.6) is 0 Å². The largest absolute Gasteiger partial charge is 0.466 e. The first kappa shape index (κ1) is 24.4. The van der Waals surface area contributed by atoms with Crippen molar-refractivity contribution in [2.24, 2.45) is 5.92 Å². The zero-order valence-corrected chi connectivity index (χ0v) is 18.3. The Hall–Kier alpha value is -2.86. The second-order valence-electron chi connectivity index (χ2n) is 7.37. The highest BCUT2D eigenvalue weighted by atomic mass is 16.5. The summed E-state index contributed by atoms with van der Waals surface area (Å²) < 4.78 is 10.4. The van der Waals surface area contributed by atoms with Crippen LogP contribution in [-0.2, 0) is 27.3 Å². The Morgan fingerprint density at radius 1 is 0.871 bits per heavy atom. The van der Waals surface area contributed by atoms with E-state index >= 15 is 0 Å². The number of esters is 1. The number of carbonyl (C=O) groups excluding carboxylic acids is 2. The molecule has 0 saturated heterocycles. The third-order valence-corrected chi connectivity index (χ3v) is 4.90. The van der Waals surface area contributed by atoms with Crippen molar-refractivity contribution in [3.05, 3.63) is 71.8 Å². The summed E-state index contributed by atoms with van der Waals surface area (Å²) in [5.74, 6) is -0.306. The van der Waals surface area contributed by atoms with Crippen LogP contribution in [0.25, 0.3) is 0 Å². The fraction of sp³-hybridized carbons (Fsp3) is 0.440. The number of carbonyl (C=O) groups is 2. The monoisotopic (exact) mass is 426 g/mol. The molecule has 0 aliphatic carbocycles. The van der Waals surface area contributed by atoms with Crippen LogP contribution in [0.4, 0.5) is 4.79 Å². The van der Waals surface area contributed by atoms with Crippen LogP contribution >= 0.6 is 0 Å². The summed E-state index contributed by atoms with van der Waals surface area (Å²) >= 11 is 0. The molecule has 1 amide bonds. The zero-order chi connectivity index (χ0) is 22.2. The molecular weight excluding hydrogens is 392 g/mol. The summed E-state index contributed by atoms with van der Waals surface area (Å²) in [6.45, 7) is 4.43. The van der Waals surface area contributed by atoms with Crippen LogP contribution in [-0.4, -0.2) is 38.3 Å². The van der Waals surface area contributed by atoms with Crippen LogP contribution in [0.1, 0.15) is 37.3 Å². The molecule has 0 bridgehead atoms. The van der Waals surface area contributed by atoms with Crippen molar-refractivity contribution in [1.29, 1.82) is 0 Å². The van der Waals surface area contributed by atoms with Crippen molar-refractivity contribution in [2.45, 2.75) is 39.2 Å². The summed E-state index contributed by atoms with van der Waals surface area (Å²) in [6, 6.07) is 19.8. The molecule has 6 heteroatoms.